The number of amides is 16. The van der Waals surface area contributed by atoms with Crippen LogP contribution in [0.3, 0.4) is 0 Å². The van der Waals surface area contributed by atoms with Crippen molar-refractivity contribution in [3.63, 3.8) is 0 Å². The van der Waals surface area contributed by atoms with Gasteiger partial charge in [0.05, 0.1) is 0 Å². The molecule has 8 aromatic rings. The summed E-state index contributed by atoms with van der Waals surface area (Å²) in [4.78, 5) is 266. The van der Waals surface area contributed by atoms with Crippen molar-refractivity contribution < 1.29 is 150 Å². The Morgan fingerprint density at radius 3 is 0.980 bits per heavy atom. The summed E-state index contributed by atoms with van der Waals surface area (Å²) in [7, 11) is -5.61. The smallest absolute Gasteiger partial charge is 0.526 e. The number of likely N-dealkylation sites (N-methyl/N-ethyl adjacent to an activating group) is 4. The van der Waals surface area contributed by atoms with Crippen LogP contribution in [-0.4, -0.2) is 309 Å². The van der Waals surface area contributed by atoms with Crippen LogP contribution < -0.4 is 45.4 Å². The molecule has 0 bridgehead atoms. The Hall–Kier alpha value is -15.8. The van der Waals surface area contributed by atoms with Crippen molar-refractivity contribution in [2.24, 2.45) is 0 Å². The van der Waals surface area contributed by atoms with E-state index < -0.39 is 200 Å². The number of imide groups is 4. The van der Waals surface area contributed by atoms with Gasteiger partial charge in [0.25, 0.3) is 5.56 Å². The molecule has 4 saturated heterocycles. The number of benzene rings is 4. The van der Waals surface area contributed by atoms with Crippen LogP contribution in [0.1, 0.15) is 176 Å². The lowest BCUT2D eigenvalue weighted by Crippen LogP contribution is -2.58. The first kappa shape index (κ1) is 110. The molecule has 149 heavy (non-hydrogen) atoms. The van der Waals surface area contributed by atoms with E-state index in [1.54, 1.807) is 131 Å². The number of carboxylic acids is 3. The number of fused-ring (bicyclic) bond motifs is 4. The van der Waals surface area contributed by atoms with Crippen molar-refractivity contribution >= 4 is 164 Å². The average molecular weight is 2090 g/mol. The van der Waals surface area contributed by atoms with E-state index in [-0.39, 0.29) is 137 Å². The Balaban J connectivity index is 0.000000166. The van der Waals surface area contributed by atoms with Gasteiger partial charge in [-0.05, 0) is 189 Å². The van der Waals surface area contributed by atoms with Crippen molar-refractivity contribution in [3.8, 4) is 28.7 Å². The van der Waals surface area contributed by atoms with Crippen LogP contribution >= 0.6 is 22.7 Å². The number of hydrogen-bond acceptors (Lipinski definition) is 32. The molecule has 0 spiro atoms. The highest BCUT2D eigenvalue weighted by Gasteiger charge is 2.49. The lowest BCUT2D eigenvalue weighted by atomic mass is 9.64. The SMILES string of the molecule is CCN1CCN(C(=O)NC(C(=O)C[C@H]2Cc3ccc(C)c(C(=O)O)c3OB2O)c2cccnc2)C(=O)C1=O.CCN1CCN(C(=O)NC(C(=O)C[C@H]2Cc3ccc(C)c(C(=O)O)c3OB2O)c2ccsc2)C(=O)C1=O.CCN1CCN(C(=O)NC(C(=O)C[C@H]2Cc3ccc(C)c(C(=O)O)c3OB2O)c2ccsc2)C(=O)C1=O.CCN1CCN(C(=O)NC(C(=O)C[C@H]2Cc3cccc(C)c3OB2O)c2ccc(O)c(=O)[nH]2)C(=O)C1=O. The molecule has 13 N–H and O–H groups in total. The maximum Gasteiger partial charge on any atom is 0.526 e. The zero-order chi connectivity index (χ0) is 108. The third-order valence-electron chi connectivity index (χ3n) is 26.7. The fourth-order valence-electron chi connectivity index (χ4n) is 18.4. The number of hydrogen-bond donors (Lipinski definition) is 13. The molecule has 4 unspecified atom stereocenters. The molecule has 16 amide bonds. The van der Waals surface area contributed by atoms with E-state index in [0.717, 1.165) is 31.9 Å². The number of aromatic hydroxyl groups is 1. The number of para-hydroxylation sites is 1. The number of ketones is 4. The molecule has 8 aliphatic rings. The molecule has 16 rings (SSSR count). The number of nitrogens with one attached hydrogen (secondary N) is 5. The van der Waals surface area contributed by atoms with Gasteiger partial charge >= 0.3 is 118 Å². The second-order valence-electron chi connectivity index (χ2n) is 36.2. The lowest BCUT2D eigenvalue weighted by molar-refractivity contribution is -0.153. The predicted molar refractivity (Wildman–Crippen MR) is 531 cm³/mol. The van der Waals surface area contributed by atoms with E-state index >= 15 is 0 Å². The van der Waals surface area contributed by atoms with Crippen molar-refractivity contribution in [1.82, 2.24) is 70.4 Å². The average Bonchev–Trinajstić information content (AvgIpc) is 1.15. The minimum Gasteiger partial charge on any atom is -0.536 e. The normalized spacial score (nSPS) is 18.2. The van der Waals surface area contributed by atoms with Gasteiger partial charge in [-0.3, -0.25) is 86.9 Å². The first-order valence-electron chi connectivity index (χ1n) is 47.6. The number of urea groups is 4. The highest BCUT2D eigenvalue weighted by atomic mass is 32.1. The first-order valence-corrected chi connectivity index (χ1v) is 49.5. The van der Waals surface area contributed by atoms with Crippen LogP contribution in [0, 0.1) is 27.7 Å². The van der Waals surface area contributed by atoms with E-state index in [0.29, 0.717) is 93.3 Å². The van der Waals surface area contributed by atoms with Gasteiger partial charge in [-0.2, -0.15) is 22.7 Å². The Morgan fingerprint density at radius 1 is 0.376 bits per heavy atom. The minimum absolute atomic E-state index is 0.00604. The molecular weight excluding hydrogens is 1980 g/mol. The molecule has 0 radical (unpaired) electrons. The summed E-state index contributed by atoms with van der Waals surface area (Å²) >= 11 is 2.64. The van der Waals surface area contributed by atoms with Crippen LogP contribution in [0.25, 0.3) is 0 Å². The number of aryl methyl sites for hydroxylation is 4. The Morgan fingerprint density at radius 2 is 0.685 bits per heavy atom. The predicted octanol–water partition coefficient (Wildman–Crippen LogP) is 4.53. The summed E-state index contributed by atoms with van der Waals surface area (Å²) < 4.78 is 22.3. The number of carbonyl (C=O) groups excluding carboxylic acids is 16. The van der Waals surface area contributed by atoms with E-state index in [1.807, 2.05) is 25.1 Å². The topological polar surface area (TPSA) is 643 Å². The summed E-state index contributed by atoms with van der Waals surface area (Å²) in [5.41, 5.74) is 5.10. The number of thiophene rings is 2. The third-order valence-corrected chi connectivity index (χ3v) is 28.1. The number of pyridine rings is 2. The third kappa shape index (κ3) is 24.9. The van der Waals surface area contributed by atoms with Crippen LogP contribution in [-0.2, 0) is 83.2 Å². The maximum atomic E-state index is 13.5. The molecule has 4 fully saturated rings. The molecule has 8 aliphatic heterocycles. The van der Waals surface area contributed by atoms with Gasteiger partial charge in [0, 0.05) is 151 Å². The van der Waals surface area contributed by atoms with E-state index in [2.05, 4.69) is 31.2 Å². The van der Waals surface area contributed by atoms with E-state index in [9.17, 15) is 136 Å². The van der Waals surface area contributed by atoms with Gasteiger partial charge in [-0.1, -0.05) is 60.7 Å². The number of aromatic amines is 1. The molecule has 12 heterocycles. The fraction of sp³-hybridized carbons (Fsp3) is 0.371. The van der Waals surface area contributed by atoms with Crippen LogP contribution in [0.5, 0.6) is 28.7 Å². The van der Waals surface area contributed by atoms with Crippen molar-refractivity contribution in [2.45, 2.75) is 154 Å². The molecule has 52 heteroatoms. The van der Waals surface area contributed by atoms with Crippen LogP contribution in [0.15, 0.2) is 130 Å². The molecule has 4 aromatic heterocycles. The monoisotopic (exact) mass is 2090 g/mol. The number of carboxylic acid groups (broad SMARTS) is 3. The highest BCUT2D eigenvalue weighted by molar-refractivity contribution is 7.08. The molecule has 8 atom stereocenters. The number of piperazine rings is 4. The number of H-pyrrole nitrogens is 1. The minimum atomic E-state index is -1.46. The second-order valence-corrected chi connectivity index (χ2v) is 37.8. The molecule has 0 saturated carbocycles. The number of Topliss-reactive ketones (excluding diaryl/α,β-unsaturated/α-hetero) is 4. The fourth-order valence-corrected chi connectivity index (χ4v) is 19.8. The number of rotatable bonds is 27. The highest BCUT2D eigenvalue weighted by Crippen LogP contribution is 2.44. The standard InChI is InChI=1S/C25H27BN4O8.C24H27BN4O8.2C24H26BN3O8S/c1-3-29-9-10-30(23(33)22(29)32)25(36)28-20(16-5-4-8-27-13-16)18(31)12-17-11-15-7-6-14(2)19(24(34)35)21(15)38-26(17)37;1-3-28-9-10-29(23(34)22(28)33)24(35)27-19(16-7-8-17(30)21(32)26-16)18(31)12-15-11-14-6-4-5-13(2)20(14)37-25(15)36;2*1-3-27-7-8-28(22(31)21(27)30)24(34)26-19(15-6-9-37-12-15)17(29)11-16-10-14-5-4-13(2)18(23(32)33)20(14)36-25(16)35/h4-8,13,17,20,37H,3,9-12H2,1-2H3,(H,28,36)(H,34,35);4-8,15,19,30,36H,3,9-12H2,1-2H3,(H,26,32)(H,27,35);2*4-6,9,12,16,19,35H,3,7-8,10-11H2,1-2H3,(H,26,34)(H,32,33)/t17-,20?;15-,19?;2*16-,19?/m1111/s1. The van der Waals surface area contributed by atoms with Crippen LogP contribution in [0.2, 0.25) is 23.3 Å². The second kappa shape index (κ2) is 48.2. The van der Waals surface area contributed by atoms with Gasteiger partial charge in [-0.15, -0.1) is 0 Å². The van der Waals surface area contributed by atoms with Crippen LogP contribution in [0.4, 0.5) is 19.2 Å². The molecule has 4 aromatic carbocycles. The summed E-state index contributed by atoms with van der Waals surface area (Å²) in [6, 6.07) is 15.9. The van der Waals surface area contributed by atoms with Gasteiger partial charge in [0.2, 0.25) is 0 Å². The van der Waals surface area contributed by atoms with Crippen molar-refractivity contribution in [1.29, 1.82) is 0 Å². The Bertz CT molecular complexity index is 6470. The largest absolute Gasteiger partial charge is 0.536 e. The Labute approximate surface area is 859 Å². The first-order chi connectivity index (χ1) is 70.9. The molecular formula is C97H106B4N14O32S2. The molecule has 780 valence electrons. The van der Waals surface area contributed by atoms with Crippen molar-refractivity contribution in [3.05, 3.63) is 219 Å². The number of aromatic carboxylic acids is 3. The zero-order valence-corrected chi connectivity index (χ0v) is 83.5. The number of aromatic nitrogens is 2. The quantitative estimate of drug-likeness (QED) is 0.0248. The van der Waals surface area contributed by atoms with Gasteiger partial charge in [0.1, 0.15) is 63.9 Å². The summed E-state index contributed by atoms with van der Waals surface area (Å²) in [5.74, 6) is -15.1. The van der Waals surface area contributed by atoms with Gasteiger partial charge in [0.15, 0.2) is 28.9 Å². The van der Waals surface area contributed by atoms with Gasteiger partial charge < -0.3 is 105 Å². The number of nitrogens with zero attached hydrogens (tertiary/aromatic N) is 9. The van der Waals surface area contributed by atoms with Crippen molar-refractivity contribution in [2.75, 3.05) is 78.5 Å². The Kier molecular flexibility index (Phi) is 35.8. The molecule has 0 aliphatic carbocycles. The summed E-state index contributed by atoms with van der Waals surface area (Å²) in [6.07, 6.45) is 2.95. The van der Waals surface area contributed by atoms with E-state index in [4.69, 9.17) is 18.6 Å². The van der Waals surface area contributed by atoms with E-state index in [1.165, 1.54) is 60.7 Å². The summed E-state index contributed by atoms with van der Waals surface area (Å²) in [6.45, 7) is 15.6. The number of carbonyl (C=O) groups is 19. The zero-order valence-electron chi connectivity index (χ0n) is 81.9. The maximum absolute atomic E-state index is 13.5. The van der Waals surface area contributed by atoms with Gasteiger partial charge in [-0.25, -0.2) is 33.6 Å². The molecule has 46 nitrogen and oxygen atoms in total. The summed E-state index contributed by atoms with van der Waals surface area (Å²) in [5, 5.41) is 97.7. The lowest BCUT2D eigenvalue weighted by Gasteiger charge is -2.33.